The summed E-state index contributed by atoms with van der Waals surface area (Å²) in [6.45, 7) is 9.32. The summed E-state index contributed by atoms with van der Waals surface area (Å²) in [6.07, 6.45) is 3.78. The first kappa shape index (κ1) is 24.3. The highest BCUT2D eigenvalue weighted by Gasteiger charge is 2.24. The fraction of sp³-hybridized carbons (Fsp3) is 0.667. The summed E-state index contributed by atoms with van der Waals surface area (Å²) in [4.78, 5) is 18.4. The molecule has 0 aromatic heterocycles. The van der Waals surface area contributed by atoms with Gasteiger partial charge in [-0.15, -0.1) is 0 Å². The third-order valence-electron chi connectivity index (χ3n) is 5.77. The Labute approximate surface area is 191 Å². The van der Waals surface area contributed by atoms with Crippen LogP contribution in [-0.2, 0) is 27.4 Å². The minimum Gasteiger partial charge on any atom is -0.450 e. The molecule has 2 saturated heterocycles. The van der Waals surface area contributed by atoms with Gasteiger partial charge in [0.05, 0.1) is 25.9 Å². The Kier molecular flexibility index (Phi) is 10.1. The fourth-order valence-electron chi connectivity index (χ4n) is 3.98. The first-order valence-electron chi connectivity index (χ1n) is 11.9. The number of likely N-dealkylation sites (tertiary alicyclic amines) is 1. The molecule has 3 rings (SSSR count). The number of nitrogens with zero attached hydrogens (tertiary/aromatic N) is 2. The van der Waals surface area contributed by atoms with E-state index in [2.05, 4.69) is 41.8 Å². The number of guanidine groups is 1. The number of nitrogens with one attached hydrogen (secondary N) is 2. The van der Waals surface area contributed by atoms with Crippen LogP contribution >= 0.6 is 0 Å². The Balaban J connectivity index is 1.48. The second-order valence-corrected chi connectivity index (χ2v) is 8.24. The second-order valence-electron chi connectivity index (χ2n) is 8.24. The molecule has 32 heavy (non-hydrogen) atoms. The molecule has 0 bridgehead atoms. The van der Waals surface area contributed by atoms with Crippen molar-refractivity contribution in [2.75, 3.05) is 39.5 Å². The number of carbonyl (C=O) groups excluding carboxylic acids is 1. The number of aliphatic imine (C=N–C) groups is 1. The highest BCUT2D eigenvalue weighted by Crippen LogP contribution is 2.15. The number of piperidine rings is 1. The third-order valence-corrected chi connectivity index (χ3v) is 5.77. The third kappa shape index (κ3) is 7.98. The molecule has 0 radical (unpaired) electrons. The van der Waals surface area contributed by atoms with Crippen molar-refractivity contribution < 1.29 is 19.0 Å². The molecular weight excluding hydrogens is 408 g/mol. The molecule has 2 fully saturated rings. The van der Waals surface area contributed by atoms with Crippen molar-refractivity contribution in [1.82, 2.24) is 15.5 Å². The van der Waals surface area contributed by atoms with Gasteiger partial charge >= 0.3 is 6.09 Å². The van der Waals surface area contributed by atoms with Crippen LogP contribution in [0.25, 0.3) is 0 Å². The van der Waals surface area contributed by atoms with Crippen LogP contribution in [0.2, 0.25) is 0 Å². The minimum absolute atomic E-state index is 0.216. The van der Waals surface area contributed by atoms with Gasteiger partial charge in [-0.1, -0.05) is 24.3 Å². The van der Waals surface area contributed by atoms with Crippen molar-refractivity contribution in [3.05, 3.63) is 35.4 Å². The predicted molar refractivity (Wildman–Crippen MR) is 125 cm³/mol. The normalized spacial score (nSPS) is 18.4. The zero-order chi connectivity index (χ0) is 22.6. The van der Waals surface area contributed by atoms with Crippen LogP contribution in [0, 0.1) is 0 Å². The van der Waals surface area contributed by atoms with Crippen LogP contribution in [0.1, 0.15) is 50.7 Å². The average molecular weight is 447 g/mol. The van der Waals surface area contributed by atoms with Gasteiger partial charge in [0.1, 0.15) is 0 Å². The van der Waals surface area contributed by atoms with E-state index in [1.807, 2.05) is 6.92 Å². The van der Waals surface area contributed by atoms with Crippen molar-refractivity contribution in [2.24, 2.45) is 4.99 Å². The quantitative estimate of drug-likeness (QED) is 0.472. The van der Waals surface area contributed by atoms with Gasteiger partial charge in [0.15, 0.2) is 5.96 Å². The maximum Gasteiger partial charge on any atom is 0.409 e. The van der Waals surface area contributed by atoms with Crippen molar-refractivity contribution in [3.63, 3.8) is 0 Å². The first-order valence-corrected chi connectivity index (χ1v) is 11.9. The molecule has 2 aliphatic rings. The van der Waals surface area contributed by atoms with E-state index in [-0.39, 0.29) is 12.1 Å². The van der Waals surface area contributed by atoms with Gasteiger partial charge in [-0.25, -0.2) is 9.79 Å². The van der Waals surface area contributed by atoms with Crippen LogP contribution in [0.5, 0.6) is 0 Å². The zero-order valence-corrected chi connectivity index (χ0v) is 19.5. The van der Waals surface area contributed by atoms with Crippen LogP contribution < -0.4 is 10.6 Å². The summed E-state index contributed by atoms with van der Waals surface area (Å²) in [7, 11) is 0. The lowest BCUT2D eigenvalue weighted by Crippen LogP contribution is -2.49. The number of hydrogen-bond acceptors (Lipinski definition) is 5. The molecule has 2 aliphatic heterocycles. The first-order chi connectivity index (χ1) is 15.7. The van der Waals surface area contributed by atoms with E-state index >= 15 is 0 Å². The molecule has 0 saturated carbocycles. The fourth-order valence-corrected chi connectivity index (χ4v) is 3.98. The summed E-state index contributed by atoms with van der Waals surface area (Å²) in [5, 5.41) is 6.86. The Morgan fingerprint density at radius 1 is 1.16 bits per heavy atom. The lowest BCUT2D eigenvalue weighted by molar-refractivity contribution is -0.0390. The molecular formula is C24H38N4O4. The lowest BCUT2D eigenvalue weighted by atomic mass is 10.1. The summed E-state index contributed by atoms with van der Waals surface area (Å²) < 4.78 is 16.5. The van der Waals surface area contributed by atoms with Gasteiger partial charge in [-0.3, -0.25) is 0 Å². The van der Waals surface area contributed by atoms with Crippen LogP contribution in [0.4, 0.5) is 4.79 Å². The largest absolute Gasteiger partial charge is 0.450 e. The second kappa shape index (κ2) is 13.3. The number of ether oxygens (including phenoxy) is 3. The minimum atomic E-state index is -0.216. The van der Waals surface area contributed by atoms with Crippen LogP contribution in [0.15, 0.2) is 29.3 Å². The Hall–Kier alpha value is -2.32. The van der Waals surface area contributed by atoms with E-state index in [0.29, 0.717) is 39.0 Å². The number of hydrogen-bond donors (Lipinski definition) is 2. The van der Waals surface area contributed by atoms with Gasteiger partial charge in [-0.2, -0.15) is 0 Å². The molecule has 8 heteroatoms. The van der Waals surface area contributed by atoms with Crippen LogP contribution in [0.3, 0.4) is 0 Å². The Morgan fingerprint density at radius 2 is 1.91 bits per heavy atom. The summed E-state index contributed by atoms with van der Waals surface area (Å²) in [5.41, 5.74) is 2.33. The molecule has 2 heterocycles. The van der Waals surface area contributed by atoms with Gasteiger partial charge in [0, 0.05) is 38.9 Å². The number of amides is 1. The number of carbonyl (C=O) groups is 1. The summed E-state index contributed by atoms with van der Waals surface area (Å²) in [6, 6.07) is 8.73. The Bertz CT molecular complexity index is 728. The van der Waals surface area contributed by atoms with Gasteiger partial charge in [0.2, 0.25) is 0 Å². The summed E-state index contributed by atoms with van der Waals surface area (Å²) >= 11 is 0. The molecule has 2 N–H and O–H groups in total. The van der Waals surface area contributed by atoms with Crippen molar-refractivity contribution in [3.8, 4) is 0 Å². The van der Waals surface area contributed by atoms with Crippen molar-refractivity contribution >= 4 is 12.1 Å². The van der Waals surface area contributed by atoms with Gasteiger partial charge in [0.25, 0.3) is 0 Å². The van der Waals surface area contributed by atoms with E-state index in [0.717, 1.165) is 57.0 Å². The topological polar surface area (TPSA) is 84.4 Å². The van der Waals surface area contributed by atoms with E-state index in [1.165, 1.54) is 5.56 Å². The van der Waals surface area contributed by atoms with E-state index in [4.69, 9.17) is 19.2 Å². The lowest BCUT2D eigenvalue weighted by Gasteiger charge is -2.32. The summed E-state index contributed by atoms with van der Waals surface area (Å²) in [5.74, 6) is 0.811. The molecule has 178 valence electrons. The highest BCUT2D eigenvalue weighted by molar-refractivity contribution is 5.80. The van der Waals surface area contributed by atoms with E-state index in [1.54, 1.807) is 4.90 Å². The number of rotatable bonds is 8. The maximum atomic E-state index is 11.9. The average Bonchev–Trinajstić information content (AvgIpc) is 2.83. The molecule has 0 atom stereocenters. The van der Waals surface area contributed by atoms with E-state index < -0.39 is 0 Å². The van der Waals surface area contributed by atoms with Gasteiger partial charge in [-0.05, 0) is 50.7 Å². The molecule has 1 amide bonds. The molecule has 1 aromatic carbocycles. The highest BCUT2D eigenvalue weighted by atomic mass is 16.6. The molecule has 0 unspecified atom stereocenters. The zero-order valence-electron chi connectivity index (χ0n) is 19.5. The van der Waals surface area contributed by atoms with Crippen molar-refractivity contribution in [1.29, 1.82) is 0 Å². The molecule has 0 spiro atoms. The molecule has 1 aromatic rings. The van der Waals surface area contributed by atoms with Gasteiger partial charge < -0.3 is 29.7 Å². The van der Waals surface area contributed by atoms with Crippen molar-refractivity contribution in [2.45, 2.75) is 64.8 Å². The standard InChI is InChI=1S/C24H38N4O4/c1-3-25-23(27-21-8-12-28(13-9-21)24(29)31-4-2)26-17-19-6-5-7-20(16-19)18-32-22-10-14-30-15-11-22/h5-7,16,21-22H,3-4,8-15,17-18H2,1-2H3,(H2,25,26,27). The molecule has 0 aliphatic carbocycles. The Morgan fingerprint density at radius 3 is 2.62 bits per heavy atom. The predicted octanol–water partition coefficient (Wildman–Crippen LogP) is 3.06. The van der Waals surface area contributed by atoms with Crippen LogP contribution in [-0.4, -0.2) is 68.6 Å². The monoisotopic (exact) mass is 446 g/mol. The number of benzene rings is 1. The van der Waals surface area contributed by atoms with E-state index in [9.17, 15) is 4.79 Å². The molecule has 8 nitrogen and oxygen atoms in total. The SMILES string of the molecule is CCNC(=NCc1cccc(COC2CCOCC2)c1)NC1CCN(C(=O)OCC)CC1. The maximum absolute atomic E-state index is 11.9. The smallest absolute Gasteiger partial charge is 0.409 e.